The minimum Gasteiger partial charge on any atom is -0.395 e. The fraction of sp³-hybridized carbons (Fsp3) is 0.385. The van der Waals surface area contributed by atoms with E-state index in [1.165, 1.54) is 23.5 Å². The van der Waals surface area contributed by atoms with Crippen LogP contribution in [0.25, 0.3) is 10.2 Å². The quantitative estimate of drug-likeness (QED) is 0.884. The van der Waals surface area contributed by atoms with Gasteiger partial charge in [0, 0.05) is 18.7 Å². The van der Waals surface area contributed by atoms with E-state index in [-0.39, 0.29) is 23.3 Å². The van der Waals surface area contributed by atoms with Crippen molar-refractivity contribution < 1.29 is 23.0 Å². The van der Waals surface area contributed by atoms with Crippen LogP contribution in [-0.2, 0) is 4.79 Å². The topological polar surface area (TPSA) is 72.5 Å². The second kappa shape index (κ2) is 4.75. The van der Waals surface area contributed by atoms with Gasteiger partial charge >= 0.3 is 6.29 Å². The lowest BCUT2D eigenvalue weighted by atomic mass is 10.1. The summed E-state index contributed by atoms with van der Waals surface area (Å²) in [4.78, 5) is 16.3. The van der Waals surface area contributed by atoms with Crippen LogP contribution in [0.5, 0.6) is 11.5 Å². The summed E-state index contributed by atoms with van der Waals surface area (Å²) in [5.74, 6) is -0.238. The van der Waals surface area contributed by atoms with Crippen LogP contribution in [-0.4, -0.2) is 30.3 Å². The van der Waals surface area contributed by atoms with Crippen LogP contribution in [0.4, 0.5) is 13.9 Å². The van der Waals surface area contributed by atoms with Crippen LogP contribution >= 0.6 is 11.3 Å². The van der Waals surface area contributed by atoms with E-state index >= 15 is 0 Å². The number of fused-ring (bicyclic) bond motifs is 2. The highest BCUT2D eigenvalue weighted by molar-refractivity contribution is 7.22. The predicted molar refractivity (Wildman–Crippen MR) is 75.4 cm³/mol. The minimum absolute atomic E-state index is 0.0287. The summed E-state index contributed by atoms with van der Waals surface area (Å²) in [6.45, 7) is 1.48. The highest BCUT2D eigenvalue weighted by Crippen LogP contribution is 2.44. The van der Waals surface area contributed by atoms with Gasteiger partial charge in [0.25, 0.3) is 0 Å². The van der Waals surface area contributed by atoms with E-state index in [1.54, 1.807) is 0 Å². The molecule has 9 heteroatoms. The zero-order chi connectivity index (χ0) is 15.3. The first-order valence-electron chi connectivity index (χ1n) is 6.72. The Morgan fingerprint density at radius 2 is 2.18 bits per heavy atom. The molecule has 1 atom stereocenters. The molecular formula is C13H11F2N3O3S. The number of nitrogens with zero attached hydrogens (tertiary/aromatic N) is 1. The number of carbonyl (C=O) groups is 1. The summed E-state index contributed by atoms with van der Waals surface area (Å²) in [7, 11) is 0. The SMILES string of the molecule is O=C(Nc1nc2cc3c(cc2s1)OC(F)(F)O3)C1CCNC1. The Bertz CT molecular complexity index is 713. The van der Waals surface area contributed by atoms with E-state index in [1.807, 2.05) is 0 Å². The van der Waals surface area contributed by atoms with E-state index < -0.39 is 6.29 Å². The Labute approximate surface area is 127 Å². The van der Waals surface area contributed by atoms with Gasteiger partial charge in [0.2, 0.25) is 5.91 Å². The maximum Gasteiger partial charge on any atom is 0.586 e. The summed E-state index contributed by atoms with van der Waals surface area (Å²) in [5, 5.41) is 6.32. The number of alkyl halides is 2. The van der Waals surface area contributed by atoms with Crippen molar-refractivity contribution in [1.82, 2.24) is 10.3 Å². The number of benzene rings is 1. The lowest BCUT2D eigenvalue weighted by molar-refractivity contribution is -0.286. The predicted octanol–water partition coefficient (Wildman–Crippen LogP) is 2.17. The molecule has 1 aromatic carbocycles. The van der Waals surface area contributed by atoms with Crippen molar-refractivity contribution in [2.75, 3.05) is 18.4 Å². The van der Waals surface area contributed by atoms with Crippen molar-refractivity contribution in [1.29, 1.82) is 0 Å². The fourth-order valence-electron chi connectivity index (χ4n) is 2.51. The van der Waals surface area contributed by atoms with Gasteiger partial charge in [-0.15, -0.1) is 8.78 Å². The zero-order valence-corrected chi connectivity index (χ0v) is 12.0. The molecule has 1 fully saturated rings. The molecule has 1 aromatic heterocycles. The van der Waals surface area contributed by atoms with Crippen molar-refractivity contribution in [3.8, 4) is 11.5 Å². The molecule has 0 saturated carbocycles. The summed E-state index contributed by atoms with van der Waals surface area (Å²) in [5.41, 5.74) is 0.477. The molecule has 4 rings (SSSR count). The van der Waals surface area contributed by atoms with Crippen LogP contribution in [0.2, 0.25) is 0 Å². The molecule has 2 aromatic rings. The van der Waals surface area contributed by atoms with E-state index in [0.717, 1.165) is 13.0 Å². The number of thiazole rings is 1. The molecule has 0 radical (unpaired) electrons. The first kappa shape index (κ1) is 13.6. The molecule has 2 aliphatic heterocycles. The third kappa shape index (κ3) is 2.35. The third-order valence-electron chi connectivity index (χ3n) is 3.57. The van der Waals surface area contributed by atoms with Gasteiger partial charge in [0.05, 0.1) is 16.1 Å². The second-order valence-corrected chi connectivity index (χ2v) is 6.16. The van der Waals surface area contributed by atoms with Gasteiger partial charge in [0.15, 0.2) is 16.6 Å². The molecule has 0 aliphatic carbocycles. The lowest BCUT2D eigenvalue weighted by Gasteiger charge is -2.06. The fourth-order valence-corrected chi connectivity index (χ4v) is 3.39. The Kier molecular flexibility index (Phi) is 2.95. The molecule has 0 spiro atoms. The normalized spacial score (nSPS) is 22.2. The van der Waals surface area contributed by atoms with Gasteiger partial charge in [-0.1, -0.05) is 11.3 Å². The standard InChI is InChI=1S/C13H11F2N3O3S/c14-13(15)20-8-3-7-10(4-9(8)21-13)22-12(17-7)18-11(19)6-1-2-16-5-6/h3-4,6,16H,1-2,5H2,(H,17,18,19). The average molecular weight is 327 g/mol. The van der Waals surface area contributed by atoms with Crippen LogP contribution in [0, 0.1) is 5.92 Å². The van der Waals surface area contributed by atoms with Gasteiger partial charge < -0.3 is 20.1 Å². The number of carbonyl (C=O) groups excluding carboxylic acids is 1. The molecule has 22 heavy (non-hydrogen) atoms. The average Bonchev–Trinajstić information content (AvgIpc) is 3.11. The number of rotatable bonds is 2. The zero-order valence-electron chi connectivity index (χ0n) is 11.2. The molecule has 1 saturated heterocycles. The Morgan fingerprint density at radius 3 is 2.91 bits per heavy atom. The van der Waals surface area contributed by atoms with E-state index in [4.69, 9.17) is 0 Å². The van der Waals surface area contributed by atoms with Gasteiger partial charge in [-0.2, -0.15) is 0 Å². The highest BCUT2D eigenvalue weighted by atomic mass is 32.1. The Morgan fingerprint density at radius 1 is 1.41 bits per heavy atom. The number of hydrogen-bond donors (Lipinski definition) is 2. The van der Waals surface area contributed by atoms with Crippen LogP contribution < -0.4 is 20.1 Å². The van der Waals surface area contributed by atoms with Crippen molar-refractivity contribution in [3.63, 3.8) is 0 Å². The molecule has 1 amide bonds. The van der Waals surface area contributed by atoms with Gasteiger partial charge in [-0.05, 0) is 13.0 Å². The van der Waals surface area contributed by atoms with Crippen LogP contribution in [0.15, 0.2) is 12.1 Å². The molecule has 2 aliphatic rings. The first-order valence-corrected chi connectivity index (χ1v) is 7.54. The number of halogens is 2. The number of nitrogens with one attached hydrogen (secondary N) is 2. The van der Waals surface area contributed by atoms with E-state index in [0.29, 0.717) is 21.9 Å². The molecular weight excluding hydrogens is 316 g/mol. The van der Waals surface area contributed by atoms with Crippen LogP contribution in [0.3, 0.4) is 0 Å². The number of amides is 1. The second-order valence-electron chi connectivity index (χ2n) is 5.13. The van der Waals surface area contributed by atoms with E-state index in [9.17, 15) is 13.6 Å². The van der Waals surface area contributed by atoms with Crippen molar-refractivity contribution >= 4 is 32.6 Å². The number of ether oxygens (including phenoxy) is 2. The van der Waals surface area contributed by atoms with Crippen molar-refractivity contribution in [3.05, 3.63) is 12.1 Å². The Hall–Kier alpha value is -2.00. The van der Waals surface area contributed by atoms with Crippen LogP contribution in [0.1, 0.15) is 6.42 Å². The highest BCUT2D eigenvalue weighted by Gasteiger charge is 2.43. The van der Waals surface area contributed by atoms with Crippen molar-refractivity contribution in [2.24, 2.45) is 5.92 Å². The number of aromatic nitrogens is 1. The molecule has 1 unspecified atom stereocenters. The largest absolute Gasteiger partial charge is 0.586 e. The smallest absolute Gasteiger partial charge is 0.395 e. The summed E-state index contributed by atoms with van der Waals surface area (Å²) >= 11 is 1.21. The molecule has 3 heterocycles. The lowest BCUT2D eigenvalue weighted by Crippen LogP contribution is -2.25. The summed E-state index contributed by atoms with van der Waals surface area (Å²) in [6, 6.07) is 2.82. The molecule has 116 valence electrons. The summed E-state index contributed by atoms with van der Waals surface area (Å²) < 4.78 is 35.4. The van der Waals surface area contributed by atoms with Gasteiger partial charge in [0.1, 0.15) is 0 Å². The molecule has 0 bridgehead atoms. The number of anilines is 1. The minimum atomic E-state index is -3.64. The maximum absolute atomic E-state index is 13.0. The van der Waals surface area contributed by atoms with Crippen molar-refractivity contribution in [2.45, 2.75) is 12.7 Å². The van der Waals surface area contributed by atoms with E-state index in [2.05, 4.69) is 25.1 Å². The maximum atomic E-state index is 13.0. The monoisotopic (exact) mass is 327 g/mol. The number of hydrogen-bond acceptors (Lipinski definition) is 6. The Balaban J connectivity index is 1.58. The molecule has 6 nitrogen and oxygen atoms in total. The third-order valence-corrected chi connectivity index (χ3v) is 4.51. The summed E-state index contributed by atoms with van der Waals surface area (Å²) in [6.07, 6.45) is -2.85. The van der Waals surface area contributed by atoms with Gasteiger partial charge in [-0.3, -0.25) is 4.79 Å². The van der Waals surface area contributed by atoms with Gasteiger partial charge in [-0.25, -0.2) is 4.98 Å². The first-order chi connectivity index (χ1) is 10.5. The molecule has 2 N–H and O–H groups in total.